The van der Waals surface area contributed by atoms with Crippen molar-refractivity contribution in [1.82, 2.24) is 4.57 Å². The first-order chi connectivity index (χ1) is 7.16. The van der Waals surface area contributed by atoms with E-state index in [-0.39, 0.29) is 0 Å². The SMILES string of the molecule is Cn1ccc2ccc(/C=C/[N+](=O)[O-])cc21. The minimum atomic E-state index is -0.463. The Morgan fingerprint density at radius 3 is 2.93 bits per heavy atom. The van der Waals surface area contributed by atoms with Gasteiger partial charge in [0.05, 0.1) is 4.92 Å². The van der Waals surface area contributed by atoms with Crippen molar-refractivity contribution in [3.63, 3.8) is 0 Å². The lowest BCUT2D eigenvalue weighted by Crippen LogP contribution is -1.85. The van der Waals surface area contributed by atoms with Crippen LogP contribution in [0.15, 0.2) is 36.7 Å². The van der Waals surface area contributed by atoms with E-state index in [4.69, 9.17) is 0 Å². The molecule has 0 fully saturated rings. The largest absolute Gasteiger partial charge is 0.351 e. The van der Waals surface area contributed by atoms with E-state index in [0.29, 0.717) is 0 Å². The predicted octanol–water partition coefficient (Wildman–Crippen LogP) is 2.43. The summed E-state index contributed by atoms with van der Waals surface area (Å²) in [7, 11) is 1.95. The number of benzene rings is 1. The van der Waals surface area contributed by atoms with Gasteiger partial charge in [0.25, 0.3) is 0 Å². The predicted molar refractivity (Wildman–Crippen MR) is 58.9 cm³/mol. The Morgan fingerprint density at radius 1 is 1.40 bits per heavy atom. The van der Waals surface area contributed by atoms with Gasteiger partial charge < -0.3 is 4.57 Å². The lowest BCUT2D eigenvalue weighted by Gasteiger charge is -1.97. The highest BCUT2D eigenvalue weighted by atomic mass is 16.6. The molecule has 1 aromatic carbocycles. The topological polar surface area (TPSA) is 48.1 Å². The summed E-state index contributed by atoms with van der Waals surface area (Å²) >= 11 is 0. The van der Waals surface area contributed by atoms with Gasteiger partial charge in [0.2, 0.25) is 6.20 Å². The fraction of sp³-hybridized carbons (Fsp3) is 0.0909. The first kappa shape index (κ1) is 9.45. The molecule has 0 atom stereocenters. The van der Waals surface area contributed by atoms with E-state index in [2.05, 4.69) is 0 Å². The van der Waals surface area contributed by atoms with E-state index in [1.807, 2.05) is 42.1 Å². The average Bonchev–Trinajstić information content (AvgIpc) is 2.57. The van der Waals surface area contributed by atoms with Gasteiger partial charge in [0.15, 0.2) is 0 Å². The first-order valence-electron chi connectivity index (χ1n) is 4.53. The van der Waals surface area contributed by atoms with Gasteiger partial charge in [0.1, 0.15) is 0 Å². The fourth-order valence-electron chi connectivity index (χ4n) is 1.53. The summed E-state index contributed by atoms with van der Waals surface area (Å²) in [6, 6.07) is 7.75. The molecule has 0 aliphatic carbocycles. The van der Waals surface area contributed by atoms with E-state index in [1.165, 1.54) is 6.08 Å². The molecule has 76 valence electrons. The van der Waals surface area contributed by atoms with E-state index < -0.39 is 4.92 Å². The second kappa shape index (κ2) is 3.57. The molecule has 0 unspecified atom stereocenters. The van der Waals surface area contributed by atoms with Gasteiger partial charge in [-0.25, -0.2) is 0 Å². The third-order valence-corrected chi connectivity index (χ3v) is 2.30. The Hall–Kier alpha value is -2.10. The van der Waals surface area contributed by atoms with E-state index in [9.17, 15) is 10.1 Å². The maximum Gasteiger partial charge on any atom is 0.235 e. The van der Waals surface area contributed by atoms with Crippen LogP contribution in [0.3, 0.4) is 0 Å². The van der Waals surface area contributed by atoms with E-state index in [1.54, 1.807) is 0 Å². The molecule has 4 heteroatoms. The second-order valence-corrected chi connectivity index (χ2v) is 3.35. The molecule has 0 radical (unpaired) electrons. The van der Waals surface area contributed by atoms with Crippen molar-refractivity contribution in [1.29, 1.82) is 0 Å². The molecule has 2 rings (SSSR count). The van der Waals surface area contributed by atoms with Gasteiger partial charge in [-0.2, -0.15) is 0 Å². The van der Waals surface area contributed by atoms with E-state index in [0.717, 1.165) is 22.7 Å². The summed E-state index contributed by atoms with van der Waals surface area (Å²) in [5, 5.41) is 11.3. The Balaban J connectivity index is 2.46. The highest BCUT2D eigenvalue weighted by molar-refractivity contribution is 5.82. The Kier molecular flexibility index (Phi) is 2.25. The third kappa shape index (κ3) is 1.88. The highest BCUT2D eigenvalue weighted by Crippen LogP contribution is 2.17. The van der Waals surface area contributed by atoms with Crippen LogP contribution >= 0.6 is 0 Å². The molecule has 0 N–H and O–H groups in total. The van der Waals surface area contributed by atoms with Crippen LogP contribution < -0.4 is 0 Å². The lowest BCUT2D eigenvalue weighted by molar-refractivity contribution is -0.400. The summed E-state index contributed by atoms with van der Waals surface area (Å²) in [5.74, 6) is 0. The summed E-state index contributed by atoms with van der Waals surface area (Å²) < 4.78 is 1.98. The molecule has 0 spiro atoms. The fourth-order valence-corrected chi connectivity index (χ4v) is 1.53. The summed E-state index contributed by atoms with van der Waals surface area (Å²) in [4.78, 5) is 9.70. The van der Waals surface area contributed by atoms with Crippen LogP contribution in [0.1, 0.15) is 5.56 Å². The lowest BCUT2D eigenvalue weighted by atomic mass is 10.1. The highest BCUT2D eigenvalue weighted by Gasteiger charge is 1.98. The van der Waals surface area contributed by atoms with Crippen molar-refractivity contribution >= 4 is 17.0 Å². The molecule has 2 aromatic rings. The molecule has 4 nitrogen and oxygen atoms in total. The molecular formula is C11H10N2O2. The third-order valence-electron chi connectivity index (χ3n) is 2.30. The monoisotopic (exact) mass is 202 g/mol. The Morgan fingerprint density at radius 2 is 2.20 bits per heavy atom. The summed E-state index contributed by atoms with van der Waals surface area (Å²) in [6.07, 6.45) is 4.40. The molecular weight excluding hydrogens is 192 g/mol. The summed E-state index contributed by atoms with van der Waals surface area (Å²) in [6.45, 7) is 0. The van der Waals surface area contributed by atoms with Crippen LogP contribution in [-0.2, 0) is 7.05 Å². The van der Waals surface area contributed by atoms with Gasteiger partial charge in [0, 0.05) is 24.8 Å². The van der Waals surface area contributed by atoms with Crippen molar-refractivity contribution < 1.29 is 4.92 Å². The van der Waals surface area contributed by atoms with Crippen molar-refractivity contribution in [2.75, 3.05) is 0 Å². The zero-order chi connectivity index (χ0) is 10.8. The number of aromatic nitrogens is 1. The molecule has 0 aliphatic heterocycles. The number of hydrogen-bond acceptors (Lipinski definition) is 2. The molecule has 15 heavy (non-hydrogen) atoms. The van der Waals surface area contributed by atoms with Gasteiger partial charge in [-0.3, -0.25) is 10.1 Å². The van der Waals surface area contributed by atoms with Gasteiger partial charge >= 0.3 is 0 Å². The minimum Gasteiger partial charge on any atom is -0.351 e. The zero-order valence-corrected chi connectivity index (χ0v) is 8.25. The molecule has 0 bridgehead atoms. The summed E-state index contributed by atoms with van der Waals surface area (Å²) in [5.41, 5.74) is 1.90. The maximum absolute atomic E-state index is 10.2. The van der Waals surface area contributed by atoms with Crippen LogP contribution in [0.2, 0.25) is 0 Å². The van der Waals surface area contributed by atoms with Crippen LogP contribution in [0, 0.1) is 10.1 Å². The van der Waals surface area contributed by atoms with Crippen LogP contribution in [0.25, 0.3) is 17.0 Å². The normalized spacial score (nSPS) is 11.3. The van der Waals surface area contributed by atoms with E-state index >= 15 is 0 Å². The maximum atomic E-state index is 10.2. The van der Waals surface area contributed by atoms with Crippen molar-refractivity contribution in [3.8, 4) is 0 Å². The van der Waals surface area contributed by atoms with Crippen LogP contribution in [-0.4, -0.2) is 9.49 Å². The number of fused-ring (bicyclic) bond motifs is 1. The van der Waals surface area contributed by atoms with Crippen LogP contribution in [0.5, 0.6) is 0 Å². The molecule has 0 saturated heterocycles. The first-order valence-corrected chi connectivity index (χ1v) is 4.53. The van der Waals surface area contributed by atoms with Crippen molar-refractivity contribution in [2.24, 2.45) is 7.05 Å². The van der Waals surface area contributed by atoms with Gasteiger partial charge in [-0.15, -0.1) is 0 Å². The number of nitro groups is 1. The quantitative estimate of drug-likeness (QED) is 0.554. The number of aryl methyl sites for hydroxylation is 1. The standard InChI is InChI=1S/C11H10N2O2/c1-12-6-5-10-3-2-9(8-11(10)12)4-7-13(14)15/h2-8H,1H3/b7-4+. The second-order valence-electron chi connectivity index (χ2n) is 3.35. The van der Waals surface area contributed by atoms with Gasteiger partial charge in [-0.05, 0) is 23.1 Å². The molecule has 1 heterocycles. The Bertz CT molecular complexity index is 541. The van der Waals surface area contributed by atoms with Gasteiger partial charge in [-0.1, -0.05) is 12.1 Å². The van der Waals surface area contributed by atoms with Crippen molar-refractivity contribution in [2.45, 2.75) is 0 Å². The smallest absolute Gasteiger partial charge is 0.235 e. The van der Waals surface area contributed by atoms with Crippen molar-refractivity contribution in [3.05, 3.63) is 52.3 Å². The molecule has 0 saturated carbocycles. The zero-order valence-electron chi connectivity index (χ0n) is 8.25. The molecule has 0 amide bonds. The number of nitrogens with zero attached hydrogens (tertiary/aromatic N) is 2. The van der Waals surface area contributed by atoms with Crippen LogP contribution in [0.4, 0.5) is 0 Å². The molecule has 0 aliphatic rings. The number of hydrogen-bond donors (Lipinski definition) is 0. The average molecular weight is 202 g/mol. The minimum absolute atomic E-state index is 0.463. The number of rotatable bonds is 2. The molecule has 1 aromatic heterocycles. The Labute approximate surface area is 86.6 Å².